The maximum atomic E-state index is 8.94. The van der Waals surface area contributed by atoms with Crippen LogP contribution in [0.5, 0.6) is 11.5 Å². The van der Waals surface area contributed by atoms with Gasteiger partial charge in [-0.15, -0.1) is 0 Å². The molecule has 2 aromatic carbocycles. The van der Waals surface area contributed by atoms with Crippen LogP contribution < -0.4 is 10.5 Å². The predicted octanol–water partition coefficient (Wildman–Crippen LogP) is 3.86. The monoisotopic (exact) mass is 252 g/mol. The Labute approximate surface area is 113 Å². The lowest BCUT2D eigenvalue weighted by molar-refractivity contribution is 0.471. The molecule has 0 bridgehead atoms. The minimum Gasteiger partial charge on any atom is -0.457 e. The van der Waals surface area contributed by atoms with Crippen molar-refractivity contribution in [3.63, 3.8) is 0 Å². The van der Waals surface area contributed by atoms with Gasteiger partial charge in [0.05, 0.1) is 11.6 Å². The first-order valence-corrected chi connectivity index (χ1v) is 6.06. The number of aryl methyl sites for hydroxylation is 3. The fourth-order valence-electron chi connectivity index (χ4n) is 2.07. The maximum Gasteiger partial charge on any atom is 0.133 e. The fourth-order valence-corrected chi connectivity index (χ4v) is 2.07. The van der Waals surface area contributed by atoms with Crippen molar-refractivity contribution in [1.82, 2.24) is 0 Å². The van der Waals surface area contributed by atoms with Crippen molar-refractivity contribution in [2.24, 2.45) is 0 Å². The third kappa shape index (κ3) is 2.69. The van der Waals surface area contributed by atoms with E-state index in [2.05, 4.69) is 6.07 Å². The number of hydrogen-bond donors (Lipinski definition) is 1. The van der Waals surface area contributed by atoms with E-state index in [4.69, 9.17) is 15.7 Å². The summed E-state index contributed by atoms with van der Waals surface area (Å²) in [7, 11) is 0. The third-order valence-electron chi connectivity index (χ3n) is 3.00. The molecular formula is C16H16N2O. The predicted molar refractivity (Wildman–Crippen MR) is 76.3 cm³/mol. The van der Waals surface area contributed by atoms with Crippen LogP contribution in [0.25, 0.3) is 0 Å². The van der Waals surface area contributed by atoms with E-state index < -0.39 is 0 Å². The van der Waals surface area contributed by atoms with E-state index in [1.165, 1.54) is 0 Å². The number of rotatable bonds is 2. The first-order valence-electron chi connectivity index (χ1n) is 6.06. The van der Waals surface area contributed by atoms with Gasteiger partial charge < -0.3 is 10.5 Å². The van der Waals surface area contributed by atoms with Gasteiger partial charge in [-0.25, -0.2) is 0 Å². The largest absolute Gasteiger partial charge is 0.457 e. The van der Waals surface area contributed by atoms with E-state index in [0.717, 1.165) is 33.9 Å². The smallest absolute Gasteiger partial charge is 0.133 e. The van der Waals surface area contributed by atoms with Crippen LogP contribution in [-0.4, -0.2) is 0 Å². The topological polar surface area (TPSA) is 59.0 Å². The van der Waals surface area contributed by atoms with Crippen LogP contribution >= 0.6 is 0 Å². The molecule has 0 saturated heterocycles. The fraction of sp³-hybridized carbons (Fsp3) is 0.188. The van der Waals surface area contributed by atoms with Crippen molar-refractivity contribution < 1.29 is 4.74 Å². The average molecular weight is 252 g/mol. The molecule has 0 heterocycles. The Morgan fingerprint density at radius 2 is 1.63 bits per heavy atom. The molecule has 0 aliphatic heterocycles. The normalized spacial score (nSPS) is 10.0. The summed E-state index contributed by atoms with van der Waals surface area (Å²) in [4.78, 5) is 0. The number of nitrogen functional groups attached to an aromatic ring is 1. The highest BCUT2D eigenvalue weighted by atomic mass is 16.5. The molecule has 2 N–H and O–H groups in total. The molecule has 3 nitrogen and oxygen atoms in total. The van der Waals surface area contributed by atoms with Crippen molar-refractivity contribution in [2.45, 2.75) is 20.8 Å². The zero-order valence-electron chi connectivity index (χ0n) is 11.3. The molecule has 2 rings (SSSR count). The van der Waals surface area contributed by atoms with Crippen LogP contribution in [0.15, 0.2) is 30.3 Å². The Morgan fingerprint density at radius 1 is 1.00 bits per heavy atom. The number of nitrogens with two attached hydrogens (primary N) is 1. The van der Waals surface area contributed by atoms with Gasteiger partial charge in [0.15, 0.2) is 0 Å². The summed E-state index contributed by atoms with van der Waals surface area (Å²) in [5.74, 6) is 1.58. The summed E-state index contributed by atoms with van der Waals surface area (Å²) < 4.78 is 5.96. The molecule has 2 aromatic rings. The van der Waals surface area contributed by atoms with Crippen LogP contribution in [0.3, 0.4) is 0 Å². The minimum absolute atomic E-state index is 0.649. The van der Waals surface area contributed by atoms with Gasteiger partial charge in [0.2, 0.25) is 0 Å². The van der Waals surface area contributed by atoms with E-state index in [1.54, 1.807) is 0 Å². The van der Waals surface area contributed by atoms with Gasteiger partial charge in [-0.3, -0.25) is 0 Å². The molecule has 0 fully saturated rings. The Hall–Kier alpha value is -2.47. The molecule has 0 unspecified atom stereocenters. The quantitative estimate of drug-likeness (QED) is 0.826. The summed E-state index contributed by atoms with van der Waals surface area (Å²) in [5, 5.41) is 8.94. The molecule has 3 heteroatoms. The molecule has 0 saturated carbocycles. The Kier molecular flexibility index (Phi) is 3.43. The molecule has 0 aliphatic rings. The standard InChI is InChI=1S/C16H16N2O/c1-10-8-14(18)4-5-15(10)19-16-11(2)6-13(9-17)7-12(16)3/h4-8H,18H2,1-3H3. The number of hydrogen-bond acceptors (Lipinski definition) is 3. The Balaban J connectivity index is 2.41. The second kappa shape index (κ2) is 5.03. The lowest BCUT2D eigenvalue weighted by Gasteiger charge is -2.14. The van der Waals surface area contributed by atoms with Gasteiger partial charge in [-0.05, 0) is 67.8 Å². The summed E-state index contributed by atoms with van der Waals surface area (Å²) >= 11 is 0. The zero-order valence-corrected chi connectivity index (χ0v) is 11.3. The summed E-state index contributed by atoms with van der Waals surface area (Å²) in [6.45, 7) is 5.84. The van der Waals surface area contributed by atoms with Crippen LogP contribution in [-0.2, 0) is 0 Å². The van der Waals surface area contributed by atoms with Gasteiger partial charge in [-0.1, -0.05) is 0 Å². The van der Waals surface area contributed by atoms with Crippen molar-refractivity contribution in [2.75, 3.05) is 5.73 Å². The summed E-state index contributed by atoms with van der Waals surface area (Å²) in [5.41, 5.74) is 9.99. The Bertz CT molecular complexity index is 646. The van der Waals surface area contributed by atoms with E-state index in [1.807, 2.05) is 51.1 Å². The van der Waals surface area contributed by atoms with Crippen molar-refractivity contribution in [3.8, 4) is 17.6 Å². The average Bonchev–Trinajstić information content (AvgIpc) is 2.35. The molecule has 19 heavy (non-hydrogen) atoms. The van der Waals surface area contributed by atoms with E-state index in [9.17, 15) is 0 Å². The zero-order chi connectivity index (χ0) is 14.0. The number of benzene rings is 2. The summed E-state index contributed by atoms with van der Waals surface area (Å²) in [6, 6.07) is 11.4. The molecule has 0 spiro atoms. The highest BCUT2D eigenvalue weighted by Gasteiger charge is 2.09. The maximum absolute atomic E-state index is 8.94. The van der Waals surface area contributed by atoms with Crippen LogP contribution in [0.4, 0.5) is 5.69 Å². The number of nitrogens with zero attached hydrogens (tertiary/aromatic N) is 1. The van der Waals surface area contributed by atoms with Gasteiger partial charge >= 0.3 is 0 Å². The molecule has 96 valence electrons. The molecular weight excluding hydrogens is 236 g/mol. The van der Waals surface area contributed by atoms with Crippen molar-refractivity contribution in [1.29, 1.82) is 5.26 Å². The van der Waals surface area contributed by atoms with E-state index in [0.29, 0.717) is 5.56 Å². The van der Waals surface area contributed by atoms with Crippen LogP contribution in [0.2, 0.25) is 0 Å². The number of nitriles is 1. The minimum atomic E-state index is 0.649. The molecule has 0 amide bonds. The lowest BCUT2D eigenvalue weighted by Crippen LogP contribution is -1.95. The van der Waals surface area contributed by atoms with Crippen molar-refractivity contribution >= 4 is 5.69 Å². The molecule has 0 atom stereocenters. The molecule has 0 aromatic heterocycles. The first kappa shape index (κ1) is 13.0. The lowest BCUT2D eigenvalue weighted by atomic mass is 10.1. The van der Waals surface area contributed by atoms with E-state index in [-0.39, 0.29) is 0 Å². The highest BCUT2D eigenvalue weighted by Crippen LogP contribution is 2.32. The van der Waals surface area contributed by atoms with Gasteiger partial charge in [0, 0.05) is 5.69 Å². The Morgan fingerprint density at radius 3 is 2.16 bits per heavy atom. The summed E-state index contributed by atoms with van der Waals surface area (Å²) in [6.07, 6.45) is 0. The number of anilines is 1. The first-order chi connectivity index (χ1) is 9.01. The van der Waals surface area contributed by atoms with E-state index >= 15 is 0 Å². The SMILES string of the molecule is Cc1cc(N)ccc1Oc1c(C)cc(C#N)cc1C. The molecule has 0 aliphatic carbocycles. The second-order valence-electron chi connectivity index (χ2n) is 4.68. The molecule has 0 radical (unpaired) electrons. The van der Waals surface area contributed by atoms with Crippen LogP contribution in [0.1, 0.15) is 22.3 Å². The van der Waals surface area contributed by atoms with Gasteiger partial charge in [0.25, 0.3) is 0 Å². The van der Waals surface area contributed by atoms with Crippen LogP contribution in [0, 0.1) is 32.1 Å². The highest BCUT2D eigenvalue weighted by molar-refractivity contribution is 5.52. The third-order valence-corrected chi connectivity index (χ3v) is 3.00. The van der Waals surface area contributed by atoms with Gasteiger partial charge in [0.1, 0.15) is 11.5 Å². The van der Waals surface area contributed by atoms with Crippen molar-refractivity contribution in [3.05, 3.63) is 52.6 Å². The number of ether oxygens (including phenoxy) is 1. The van der Waals surface area contributed by atoms with Gasteiger partial charge in [-0.2, -0.15) is 5.26 Å². The second-order valence-corrected chi connectivity index (χ2v) is 4.68.